The Balaban J connectivity index is 2.47. The summed E-state index contributed by atoms with van der Waals surface area (Å²) in [5, 5.41) is 16.7. The van der Waals surface area contributed by atoms with Crippen molar-refractivity contribution >= 4 is 11.8 Å². The van der Waals surface area contributed by atoms with E-state index in [2.05, 4.69) is 10.4 Å². The Morgan fingerprint density at radius 2 is 2.40 bits per heavy atom. The molecule has 15 heavy (non-hydrogen) atoms. The van der Waals surface area contributed by atoms with E-state index in [0.717, 1.165) is 17.2 Å². The number of rotatable bonds is 6. The number of aromatic nitrogens is 2. The molecule has 0 saturated carbocycles. The molecule has 0 aliphatic carbocycles. The highest BCUT2D eigenvalue weighted by Crippen LogP contribution is 2.21. The first-order valence-corrected chi connectivity index (χ1v) is 6.05. The standard InChI is InChI=1S/C10H19N3OS/c1-4-11-10(2,7-14)8-15-9-5-12-13(3)6-9/h5-6,11,14H,4,7-8H2,1-3H3. The highest BCUT2D eigenvalue weighted by Gasteiger charge is 2.22. The third kappa shape index (κ3) is 3.85. The predicted octanol–water partition coefficient (Wildman–Crippen LogP) is 0.873. The van der Waals surface area contributed by atoms with Crippen LogP contribution in [0.4, 0.5) is 0 Å². The van der Waals surface area contributed by atoms with Crippen LogP contribution in [-0.2, 0) is 7.05 Å². The van der Waals surface area contributed by atoms with Crippen LogP contribution in [-0.4, -0.2) is 39.3 Å². The molecular weight excluding hydrogens is 210 g/mol. The molecule has 86 valence electrons. The Morgan fingerprint density at radius 3 is 2.87 bits per heavy atom. The van der Waals surface area contributed by atoms with Crippen LogP contribution < -0.4 is 5.32 Å². The van der Waals surface area contributed by atoms with Crippen molar-refractivity contribution in [3.8, 4) is 0 Å². The Kier molecular flexibility index (Phi) is 4.63. The molecule has 0 aromatic carbocycles. The number of aliphatic hydroxyl groups excluding tert-OH is 1. The SMILES string of the molecule is CCNC(C)(CO)CSc1cnn(C)c1. The van der Waals surface area contributed by atoms with Crippen molar-refractivity contribution in [1.29, 1.82) is 0 Å². The number of thioether (sulfide) groups is 1. The van der Waals surface area contributed by atoms with Gasteiger partial charge in [-0.3, -0.25) is 4.68 Å². The van der Waals surface area contributed by atoms with Gasteiger partial charge < -0.3 is 10.4 Å². The zero-order chi connectivity index (χ0) is 11.3. The van der Waals surface area contributed by atoms with Gasteiger partial charge in [0.15, 0.2) is 0 Å². The van der Waals surface area contributed by atoms with Gasteiger partial charge in [-0.05, 0) is 13.5 Å². The number of hydrogen-bond donors (Lipinski definition) is 2. The van der Waals surface area contributed by atoms with Crippen molar-refractivity contribution in [2.75, 3.05) is 18.9 Å². The van der Waals surface area contributed by atoms with Crippen molar-refractivity contribution in [2.45, 2.75) is 24.3 Å². The Morgan fingerprint density at radius 1 is 1.67 bits per heavy atom. The molecule has 0 fully saturated rings. The number of nitrogens with zero attached hydrogens (tertiary/aromatic N) is 2. The van der Waals surface area contributed by atoms with E-state index in [4.69, 9.17) is 0 Å². The monoisotopic (exact) mass is 229 g/mol. The second-order valence-corrected chi connectivity index (χ2v) is 4.94. The van der Waals surface area contributed by atoms with E-state index < -0.39 is 0 Å². The zero-order valence-corrected chi connectivity index (χ0v) is 10.3. The third-order valence-corrected chi connectivity index (χ3v) is 3.52. The quantitative estimate of drug-likeness (QED) is 0.711. The van der Waals surface area contributed by atoms with E-state index >= 15 is 0 Å². The summed E-state index contributed by atoms with van der Waals surface area (Å²) in [5.41, 5.74) is -0.213. The Labute approximate surface area is 95.1 Å². The minimum absolute atomic E-state index is 0.147. The summed E-state index contributed by atoms with van der Waals surface area (Å²) in [6.45, 7) is 5.08. The van der Waals surface area contributed by atoms with Gasteiger partial charge in [-0.25, -0.2) is 0 Å². The van der Waals surface area contributed by atoms with E-state index in [1.165, 1.54) is 0 Å². The molecule has 1 atom stereocenters. The van der Waals surface area contributed by atoms with Crippen LogP contribution in [0.5, 0.6) is 0 Å². The van der Waals surface area contributed by atoms with Gasteiger partial charge in [0.25, 0.3) is 0 Å². The molecule has 0 radical (unpaired) electrons. The second-order valence-electron chi connectivity index (χ2n) is 3.89. The highest BCUT2D eigenvalue weighted by atomic mass is 32.2. The van der Waals surface area contributed by atoms with Gasteiger partial charge >= 0.3 is 0 Å². The van der Waals surface area contributed by atoms with Crippen LogP contribution in [0.1, 0.15) is 13.8 Å². The van der Waals surface area contributed by atoms with Crippen molar-refractivity contribution in [1.82, 2.24) is 15.1 Å². The molecule has 1 rings (SSSR count). The summed E-state index contributed by atoms with van der Waals surface area (Å²) >= 11 is 1.71. The van der Waals surface area contributed by atoms with Gasteiger partial charge in [0.2, 0.25) is 0 Å². The van der Waals surface area contributed by atoms with E-state index in [1.807, 2.05) is 33.3 Å². The first-order valence-electron chi connectivity index (χ1n) is 5.07. The predicted molar refractivity (Wildman–Crippen MR) is 63.1 cm³/mol. The lowest BCUT2D eigenvalue weighted by Crippen LogP contribution is -2.47. The minimum Gasteiger partial charge on any atom is -0.394 e. The maximum absolute atomic E-state index is 9.30. The van der Waals surface area contributed by atoms with Gasteiger partial charge in [-0.2, -0.15) is 5.10 Å². The summed E-state index contributed by atoms with van der Waals surface area (Å²) in [6, 6.07) is 0. The molecule has 0 aliphatic rings. The summed E-state index contributed by atoms with van der Waals surface area (Å²) in [5.74, 6) is 0.836. The smallest absolute Gasteiger partial charge is 0.0625 e. The van der Waals surface area contributed by atoms with Crippen LogP contribution >= 0.6 is 11.8 Å². The fraction of sp³-hybridized carbons (Fsp3) is 0.700. The lowest BCUT2D eigenvalue weighted by atomic mass is 10.1. The lowest BCUT2D eigenvalue weighted by molar-refractivity contribution is 0.194. The fourth-order valence-corrected chi connectivity index (χ4v) is 2.32. The molecule has 0 saturated heterocycles. The average Bonchev–Trinajstić information content (AvgIpc) is 2.62. The number of nitrogens with one attached hydrogen (secondary N) is 1. The Hall–Kier alpha value is -0.520. The fourth-order valence-electron chi connectivity index (χ4n) is 1.30. The van der Waals surface area contributed by atoms with Crippen LogP contribution in [0.2, 0.25) is 0 Å². The molecule has 2 N–H and O–H groups in total. The highest BCUT2D eigenvalue weighted by molar-refractivity contribution is 7.99. The summed E-state index contributed by atoms with van der Waals surface area (Å²) in [6.07, 6.45) is 3.82. The van der Waals surface area contributed by atoms with Crippen LogP contribution in [0.25, 0.3) is 0 Å². The molecule has 4 nitrogen and oxygen atoms in total. The normalized spacial score (nSPS) is 15.2. The first-order chi connectivity index (χ1) is 7.09. The molecule has 0 aliphatic heterocycles. The molecule has 1 aromatic rings. The van der Waals surface area contributed by atoms with Gasteiger partial charge in [-0.15, -0.1) is 11.8 Å². The summed E-state index contributed by atoms with van der Waals surface area (Å²) in [7, 11) is 1.90. The van der Waals surface area contributed by atoms with Gasteiger partial charge in [0.1, 0.15) is 0 Å². The van der Waals surface area contributed by atoms with Crippen LogP contribution in [0.15, 0.2) is 17.3 Å². The maximum Gasteiger partial charge on any atom is 0.0625 e. The number of aliphatic hydroxyl groups is 1. The number of likely N-dealkylation sites (N-methyl/N-ethyl adjacent to an activating group) is 1. The van der Waals surface area contributed by atoms with E-state index in [1.54, 1.807) is 16.4 Å². The van der Waals surface area contributed by atoms with Gasteiger partial charge in [0, 0.05) is 29.4 Å². The van der Waals surface area contributed by atoms with Gasteiger partial charge in [0.05, 0.1) is 12.8 Å². The molecule has 0 spiro atoms. The average molecular weight is 229 g/mol. The maximum atomic E-state index is 9.30. The molecule has 0 amide bonds. The molecule has 5 heteroatoms. The second kappa shape index (κ2) is 5.53. The van der Waals surface area contributed by atoms with Crippen molar-refractivity contribution < 1.29 is 5.11 Å². The molecule has 1 aromatic heterocycles. The van der Waals surface area contributed by atoms with Crippen LogP contribution in [0, 0.1) is 0 Å². The topological polar surface area (TPSA) is 50.1 Å². The van der Waals surface area contributed by atoms with Crippen molar-refractivity contribution in [3.05, 3.63) is 12.4 Å². The first kappa shape index (κ1) is 12.5. The summed E-state index contributed by atoms with van der Waals surface area (Å²) < 4.78 is 1.78. The van der Waals surface area contributed by atoms with Crippen LogP contribution in [0.3, 0.4) is 0 Å². The molecular formula is C10H19N3OS. The Bertz CT molecular complexity index is 303. The van der Waals surface area contributed by atoms with E-state index in [0.29, 0.717) is 0 Å². The van der Waals surface area contributed by atoms with E-state index in [9.17, 15) is 5.11 Å². The molecule has 0 bridgehead atoms. The van der Waals surface area contributed by atoms with E-state index in [-0.39, 0.29) is 12.1 Å². The summed E-state index contributed by atoms with van der Waals surface area (Å²) in [4.78, 5) is 1.13. The molecule has 1 unspecified atom stereocenters. The van der Waals surface area contributed by atoms with Crippen molar-refractivity contribution in [3.63, 3.8) is 0 Å². The zero-order valence-electron chi connectivity index (χ0n) is 9.53. The lowest BCUT2D eigenvalue weighted by Gasteiger charge is -2.27. The third-order valence-electron chi connectivity index (χ3n) is 2.19. The minimum atomic E-state index is -0.213. The molecule has 1 heterocycles. The van der Waals surface area contributed by atoms with Gasteiger partial charge in [-0.1, -0.05) is 6.92 Å². The van der Waals surface area contributed by atoms with Crippen molar-refractivity contribution in [2.24, 2.45) is 7.05 Å². The number of hydrogen-bond acceptors (Lipinski definition) is 4. The largest absolute Gasteiger partial charge is 0.394 e. The number of aryl methyl sites for hydroxylation is 1.